The van der Waals surface area contributed by atoms with Gasteiger partial charge in [0.05, 0.1) is 6.26 Å². The molecule has 134 valence electrons. The Morgan fingerprint density at radius 3 is 2.88 bits per heavy atom. The van der Waals surface area contributed by atoms with Crippen molar-refractivity contribution in [3.63, 3.8) is 0 Å². The van der Waals surface area contributed by atoms with Crippen molar-refractivity contribution in [3.05, 3.63) is 24.2 Å². The number of hydrogen-bond acceptors (Lipinski definition) is 4. The molecule has 7 nitrogen and oxygen atoms in total. The molecule has 0 spiro atoms. The molecule has 0 atom stereocenters. The van der Waals surface area contributed by atoms with Crippen LogP contribution in [0.2, 0.25) is 0 Å². The van der Waals surface area contributed by atoms with Gasteiger partial charge < -0.3 is 15.1 Å². The number of halogens is 1. The molecule has 0 aromatic carbocycles. The van der Waals surface area contributed by atoms with Crippen molar-refractivity contribution in [2.24, 2.45) is 10.9 Å². The Morgan fingerprint density at radius 1 is 1.38 bits per heavy atom. The van der Waals surface area contributed by atoms with E-state index < -0.39 is 0 Å². The molecule has 2 heterocycles. The summed E-state index contributed by atoms with van der Waals surface area (Å²) < 4.78 is 5.28. The van der Waals surface area contributed by atoms with Crippen LogP contribution in [0.3, 0.4) is 0 Å². The lowest BCUT2D eigenvalue weighted by molar-refractivity contribution is 0.549. The van der Waals surface area contributed by atoms with E-state index >= 15 is 0 Å². The Kier molecular flexibility index (Phi) is 9.43. The third-order valence-electron chi connectivity index (χ3n) is 3.26. The van der Waals surface area contributed by atoms with Gasteiger partial charge in [-0.15, -0.1) is 29.1 Å². The standard InChI is InChI=1S/C16H26N6O.HI/c1-4-17-16(18-9-5-7-12(2)3)19-11-14-20-15(22-21-14)13-8-6-10-23-13;/h6,8,10,12H,4-5,7,9,11H2,1-3H3,(H2,17,18,19)(H,20,21,22);1H. The van der Waals surface area contributed by atoms with E-state index in [9.17, 15) is 0 Å². The van der Waals surface area contributed by atoms with Crippen molar-refractivity contribution in [2.45, 2.75) is 40.2 Å². The molecule has 2 rings (SSSR count). The fourth-order valence-electron chi connectivity index (χ4n) is 2.09. The minimum Gasteiger partial charge on any atom is -0.461 e. The van der Waals surface area contributed by atoms with E-state index in [4.69, 9.17) is 4.42 Å². The molecule has 0 fully saturated rings. The van der Waals surface area contributed by atoms with Crippen LogP contribution in [-0.4, -0.2) is 34.2 Å². The number of aliphatic imine (C=N–C) groups is 1. The fraction of sp³-hybridized carbons (Fsp3) is 0.562. The van der Waals surface area contributed by atoms with Crippen LogP contribution < -0.4 is 10.6 Å². The molecule has 3 N–H and O–H groups in total. The zero-order chi connectivity index (χ0) is 16.5. The van der Waals surface area contributed by atoms with Gasteiger partial charge in [-0.25, -0.2) is 9.98 Å². The maximum atomic E-state index is 5.28. The van der Waals surface area contributed by atoms with Gasteiger partial charge in [0.2, 0.25) is 5.82 Å². The first-order valence-corrected chi connectivity index (χ1v) is 8.16. The highest BCUT2D eigenvalue weighted by atomic mass is 127. The van der Waals surface area contributed by atoms with Crippen molar-refractivity contribution in [1.82, 2.24) is 25.8 Å². The van der Waals surface area contributed by atoms with E-state index in [2.05, 4.69) is 51.6 Å². The Balaban J connectivity index is 0.00000288. The summed E-state index contributed by atoms with van der Waals surface area (Å²) >= 11 is 0. The Morgan fingerprint density at radius 2 is 2.21 bits per heavy atom. The van der Waals surface area contributed by atoms with Gasteiger partial charge in [-0.05, 0) is 37.8 Å². The van der Waals surface area contributed by atoms with Gasteiger partial charge in [-0.2, -0.15) is 0 Å². The lowest BCUT2D eigenvalue weighted by Crippen LogP contribution is -2.37. The van der Waals surface area contributed by atoms with Gasteiger partial charge in [-0.1, -0.05) is 13.8 Å². The van der Waals surface area contributed by atoms with E-state index in [0.717, 1.165) is 31.4 Å². The minimum atomic E-state index is 0. The summed E-state index contributed by atoms with van der Waals surface area (Å²) in [6, 6.07) is 3.64. The molecule has 0 saturated heterocycles. The molecule has 24 heavy (non-hydrogen) atoms. The van der Waals surface area contributed by atoms with Crippen molar-refractivity contribution in [2.75, 3.05) is 13.1 Å². The normalized spacial score (nSPS) is 11.4. The average molecular weight is 446 g/mol. The number of nitrogens with one attached hydrogen (secondary N) is 3. The zero-order valence-electron chi connectivity index (χ0n) is 14.5. The first-order chi connectivity index (χ1) is 11.2. The minimum absolute atomic E-state index is 0. The molecule has 0 aliphatic carbocycles. The number of hydrogen-bond donors (Lipinski definition) is 3. The van der Waals surface area contributed by atoms with E-state index in [1.165, 1.54) is 6.42 Å². The van der Waals surface area contributed by atoms with Gasteiger partial charge in [0.1, 0.15) is 12.4 Å². The van der Waals surface area contributed by atoms with Gasteiger partial charge in [0.25, 0.3) is 0 Å². The van der Waals surface area contributed by atoms with Crippen molar-refractivity contribution < 1.29 is 4.42 Å². The van der Waals surface area contributed by atoms with Gasteiger partial charge in [0, 0.05) is 13.1 Å². The van der Waals surface area contributed by atoms with Crippen LogP contribution in [0.25, 0.3) is 11.6 Å². The quantitative estimate of drug-likeness (QED) is 0.251. The molecule has 0 unspecified atom stereocenters. The second-order valence-corrected chi connectivity index (χ2v) is 5.74. The lowest BCUT2D eigenvalue weighted by Gasteiger charge is -2.11. The number of H-pyrrole nitrogens is 1. The summed E-state index contributed by atoms with van der Waals surface area (Å²) in [4.78, 5) is 8.91. The molecule has 2 aromatic rings. The monoisotopic (exact) mass is 446 g/mol. The number of guanidine groups is 1. The SMILES string of the molecule is CCNC(=NCc1nc(-c2ccco2)n[nH]1)NCCCC(C)C.I. The number of aromatic nitrogens is 3. The summed E-state index contributed by atoms with van der Waals surface area (Å²) in [6.07, 6.45) is 3.95. The number of aromatic amines is 1. The summed E-state index contributed by atoms with van der Waals surface area (Å²) in [5.41, 5.74) is 0. The molecule has 8 heteroatoms. The predicted octanol–water partition coefficient (Wildman–Crippen LogP) is 3.17. The molecule has 0 saturated carbocycles. The largest absolute Gasteiger partial charge is 0.461 e. The molecule has 0 aliphatic rings. The van der Waals surface area contributed by atoms with Crippen molar-refractivity contribution in [1.29, 1.82) is 0 Å². The Hall–Kier alpha value is -1.58. The number of furan rings is 1. The molecule has 0 aliphatic heterocycles. The summed E-state index contributed by atoms with van der Waals surface area (Å²) in [7, 11) is 0. The maximum Gasteiger partial charge on any atom is 0.216 e. The molecule has 0 radical (unpaired) electrons. The third kappa shape index (κ3) is 6.90. The van der Waals surface area contributed by atoms with E-state index in [-0.39, 0.29) is 24.0 Å². The second-order valence-electron chi connectivity index (χ2n) is 5.74. The van der Waals surface area contributed by atoms with Crippen LogP contribution in [0.15, 0.2) is 27.8 Å². The van der Waals surface area contributed by atoms with Crippen molar-refractivity contribution >= 4 is 29.9 Å². The van der Waals surface area contributed by atoms with Crippen molar-refractivity contribution in [3.8, 4) is 11.6 Å². The number of nitrogens with zero attached hydrogens (tertiary/aromatic N) is 3. The van der Waals surface area contributed by atoms with E-state index in [1.54, 1.807) is 6.26 Å². The van der Waals surface area contributed by atoms with E-state index in [1.807, 2.05) is 12.1 Å². The van der Waals surface area contributed by atoms with Crippen LogP contribution in [0.1, 0.15) is 39.4 Å². The van der Waals surface area contributed by atoms with Gasteiger partial charge >= 0.3 is 0 Å². The Labute approximate surface area is 160 Å². The first kappa shape index (κ1) is 20.5. The highest BCUT2D eigenvalue weighted by Gasteiger charge is 2.08. The summed E-state index contributed by atoms with van der Waals surface area (Å²) in [6.45, 7) is 8.70. The smallest absolute Gasteiger partial charge is 0.216 e. The highest BCUT2D eigenvalue weighted by molar-refractivity contribution is 14.0. The predicted molar refractivity (Wildman–Crippen MR) is 106 cm³/mol. The topological polar surface area (TPSA) is 91.1 Å². The first-order valence-electron chi connectivity index (χ1n) is 8.16. The molecule has 2 aromatic heterocycles. The lowest BCUT2D eigenvalue weighted by atomic mass is 10.1. The maximum absolute atomic E-state index is 5.28. The molecule has 0 amide bonds. The van der Waals surface area contributed by atoms with Crippen LogP contribution in [0.4, 0.5) is 0 Å². The Bertz CT molecular complexity index is 593. The zero-order valence-corrected chi connectivity index (χ0v) is 16.8. The summed E-state index contributed by atoms with van der Waals surface area (Å²) in [5, 5.41) is 13.6. The van der Waals surface area contributed by atoms with Gasteiger partial charge in [-0.3, -0.25) is 5.10 Å². The van der Waals surface area contributed by atoms with Crippen LogP contribution >= 0.6 is 24.0 Å². The highest BCUT2D eigenvalue weighted by Crippen LogP contribution is 2.14. The van der Waals surface area contributed by atoms with Crippen LogP contribution in [0.5, 0.6) is 0 Å². The molecular weight excluding hydrogens is 419 g/mol. The van der Waals surface area contributed by atoms with E-state index in [0.29, 0.717) is 24.0 Å². The molecule has 0 bridgehead atoms. The fourth-order valence-corrected chi connectivity index (χ4v) is 2.09. The third-order valence-corrected chi connectivity index (χ3v) is 3.26. The second kappa shape index (κ2) is 11.1. The molecular formula is C16H27IN6O. The van der Waals surface area contributed by atoms with Gasteiger partial charge in [0.15, 0.2) is 11.7 Å². The average Bonchev–Trinajstić information content (AvgIpc) is 3.19. The van der Waals surface area contributed by atoms with Crippen LogP contribution in [0, 0.1) is 5.92 Å². The number of rotatable bonds is 8. The summed E-state index contributed by atoms with van der Waals surface area (Å²) in [5.74, 6) is 3.43. The van der Waals surface area contributed by atoms with Crippen LogP contribution in [-0.2, 0) is 6.54 Å².